The van der Waals surface area contributed by atoms with Gasteiger partial charge in [0.25, 0.3) is 0 Å². The number of aryl methyl sites for hydroxylation is 1. The highest BCUT2D eigenvalue weighted by atomic mass is 16.4. The molecule has 5 nitrogen and oxygen atoms in total. The Labute approximate surface area is 101 Å². The molecule has 0 unspecified atom stereocenters. The van der Waals surface area contributed by atoms with Gasteiger partial charge >= 0.3 is 5.97 Å². The Morgan fingerprint density at radius 1 is 1.35 bits per heavy atom. The minimum absolute atomic E-state index is 0.370. The molecule has 0 atom stereocenters. The zero-order valence-electron chi connectivity index (χ0n) is 10.5. The number of carboxylic acid groups (broad SMARTS) is 1. The third kappa shape index (κ3) is 2.93. The van der Waals surface area contributed by atoms with Gasteiger partial charge < -0.3 is 10.4 Å². The molecule has 0 fully saturated rings. The van der Waals surface area contributed by atoms with Gasteiger partial charge in [-0.2, -0.15) is 0 Å². The first-order chi connectivity index (χ1) is 8.05. The summed E-state index contributed by atoms with van der Waals surface area (Å²) in [5.74, 6) is -0.114. The molecule has 0 bridgehead atoms. The van der Waals surface area contributed by atoms with Gasteiger partial charge in [-0.3, -0.25) is 9.78 Å². The van der Waals surface area contributed by atoms with Gasteiger partial charge in [0, 0.05) is 18.9 Å². The maximum atomic E-state index is 11.3. The van der Waals surface area contributed by atoms with Crippen LogP contribution in [-0.4, -0.2) is 27.6 Å². The molecule has 0 aliphatic heterocycles. The van der Waals surface area contributed by atoms with Gasteiger partial charge in [0.15, 0.2) is 0 Å². The predicted molar refractivity (Wildman–Crippen MR) is 65.9 cm³/mol. The monoisotopic (exact) mass is 237 g/mol. The zero-order chi connectivity index (χ0) is 12.9. The lowest BCUT2D eigenvalue weighted by Gasteiger charge is -2.27. The Kier molecular flexibility index (Phi) is 4.43. The average Bonchev–Trinajstić information content (AvgIpc) is 2.32. The smallest absolute Gasteiger partial charge is 0.311 e. The van der Waals surface area contributed by atoms with Crippen LogP contribution in [0.3, 0.4) is 0 Å². The SMILES string of the molecule is CCC(CC)(CNc1nccnc1C)C(=O)O. The van der Waals surface area contributed by atoms with Crippen molar-refractivity contribution in [3.8, 4) is 0 Å². The highest BCUT2D eigenvalue weighted by Crippen LogP contribution is 2.27. The molecule has 0 aromatic carbocycles. The topological polar surface area (TPSA) is 75.1 Å². The van der Waals surface area contributed by atoms with Crippen molar-refractivity contribution in [1.29, 1.82) is 0 Å². The standard InChI is InChI=1S/C12H19N3O2/c1-4-12(5-2,11(16)17)8-15-10-9(3)13-6-7-14-10/h6-7H,4-5,8H2,1-3H3,(H,14,15)(H,16,17). The molecular weight excluding hydrogens is 218 g/mol. The number of aromatic nitrogens is 2. The molecule has 0 saturated carbocycles. The van der Waals surface area contributed by atoms with E-state index in [0.717, 1.165) is 5.69 Å². The highest BCUT2D eigenvalue weighted by molar-refractivity contribution is 5.75. The van der Waals surface area contributed by atoms with Crippen LogP contribution in [0.4, 0.5) is 5.82 Å². The maximum Gasteiger partial charge on any atom is 0.311 e. The summed E-state index contributed by atoms with van der Waals surface area (Å²) >= 11 is 0. The van der Waals surface area contributed by atoms with Gasteiger partial charge in [-0.15, -0.1) is 0 Å². The summed E-state index contributed by atoms with van der Waals surface area (Å²) in [6, 6.07) is 0. The fraction of sp³-hybridized carbons (Fsp3) is 0.583. The zero-order valence-corrected chi connectivity index (χ0v) is 10.5. The molecule has 1 aromatic heterocycles. The molecule has 1 aromatic rings. The van der Waals surface area contributed by atoms with Gasteiger partial charge in [-0.1, -0.05) is 13.8 Å². The lowest BCUT2D eigenvalue weighted by atomic mass is 9.82. The van der Waals surface area contributed by atoms with E-state index in [1.54, 1.807) is 12.4 Å². The summed E-state index contributed by atoms with van der Waals surface area (Å²) in [4.78, 5) is 19.6. The first-order valence-electron chi connectivity index (χ1n) is 5.80. The lowest BCUT2D eigenvalue weighted by molar-refractivity contribution is -0.148. The number of nitrogens with zero attached hydrogens (tertiary/aromatic N) is 2. The van der Waals surface area contributed by atoms with E-state index in [0.29, 0.717) is 25.2 Å². The molecule has 1 rings (SSSR count). The van der Waals surface area contributed by atoms with Crippen LogP contribution in [0.15, 0.2) is 12.4 Å². The van der Waals surface area contributed by atoms with Crippen molar-refractivity contribution >= 4 is 11.8 Å². The first kappa shape index (κ1) is 13.4. The molecule has 2 N–H and O–H groups in total. The predicted octanol–water partition coefficient (Wildman–Crippen LogP) is 2.09. The Morgan fingerprint density at radius 2 is 1.94 bits per heavy atom. The van der Waals surface area contributed by atoms with E-state index in [1.165, 1.54) is 0 Å². The first-order valence-corrected chi connectivity index (χ1v) is 5.80. The van der Waals surface area contributed by atoms with Crippen LogP contribution in [0.25, 0.3) is 0 Å². The molecule has 0 saturated heterocycles. The van der Waals surface area contributed by atoms with Crippen molar-refractivity contribution in [3.05, 3.63) is 18.1 Å². The van der Waals surface area contributed by atoms with Crippen LogP contribution in [0, 0.1) is 12.3 Å². The number of anilines is 1. The summed E-state index contributed by atoms with van der Waals surface area (Å²) in [5.41, 5.74) is 0.0447. The van der Waals surface area contributed by atoms with Gasteiger partial charge in [0.05, 0.1) is 11.1 Å². The number of carboxylic acids is 1. The van der Waals surface area contributed by atoms with Crippen molar-refractivity contribution < 1.29 is 9.90 Å². The number of carbonyl (C=O) groups is 1. The van der Waals surface area contributed by atoms with Crippen LogP contribution in [0.1, 0.15) is 32.4 Å². The Balaban J connectivity index is 2.78. The highest BCUT2D eigenvalue weighted by Gasteiger charge is 2.34. The number of rotatable bonds is 6. The van der Waals surface area contributed by atoms with Crippen molar-refractivity contribution in [1.82, 2.24) is 9.97 Å². The third-order valence-corrected chi connectivity index (χ3v) is 3.28. The Morgan fingerprint density at radius 3 is 2.41 bits per heavy atom. The maximum absolute atomic E-state index is 11.3. The van der Waals surface area contributed by atoms with Gasteiger partial charge in [-0.05, 0) is 19.8 Å². The fourth-order valence-electron chi connectivity index (χ4n) is 1.71. The van der Waals surface area contributed by atoms with Crippen LogP contribution in [-0.2, 0) is 4.79 Å². The minimum Gasteiger partial charge on any atom is -0.481 e. The number of hydrogen-bond donors (Lipinski definition) is 2. The van der Waals surface area contributed by atoms with E-state index in [4.69, 9.17) is 0 Å². The molecular formula is C12H19N3O2. The number of hydrogen-bond acceptors (Lipinski definition) is 4. The summed E-state index contributed by atoms with van der Waals surface area (Å²) in [7, 11) is 0. The van der Waals surface area contributed by atoms with E-state index >= 15 is 0 Å². The minimum atomic E-state index is -0.767. The molecule has 0 aliphatic carbocycles. The summed E-state index contributed by atoms with van der Waals surface area (Å²) in [6.07, 6.45) is 4.39. The van der Waals surface area contributed by atoms with Crippen LogP contribution in [0.5, 0.6) is 0 Å². The second kappa shape index (κ2) is 5.61. The van der Waals surface area contributed by atoms with Crippen molar-refractivity contribution in [2.45, 2.75) is 33.6 Å². The van der Waals surface area contributed by atoms with Crippen LogP contribution in [0.2, 0.25) is 0 Å². The van der Waals surface area contributed by atoms with E-state index in [2.05, 4.69) is 15.3 Å². The molecule has 0 aliphatic rings. The van der Waals surface area contributed by atoms with Crippen LogP contribution >= 0.6 is 0 Å². The van der Waals surface area contributed by atoms with E-state index in [-0.39, 0.29) is 0 Å². The third-order valence-electron chi connectivity index (χ3n) is 3.28. The second-order valence-corrected chi connectivity index (χ2v) is 4.14. The average molecular weight is 237 g/mol. The fourth-order valence-corrected chi connectivity index (χ4v) is 1.71. The molecule has 17 heavy (non-hydrogen) atoms. The molecule has 0 radical (unpaired) electrons. The lowest BCUT2D eigenvalue weighted by Crippen LogP contribution is -2.37. The van der Waals surface area contributed by atoms with E-state index in [9.17, 15) is 9.90 Å². The molecule has 5 heteroatoms. The summed E-state index contributed by atoms with van der Waals surface area (Å²) < 4.78 is 0. The van der Waals surface area contributed by atoms with Gasteiger partial charge in [-0.25, -0.2) is 4.98 Å². The number of aliphatic carboxylic acids is 1. The molecule has 0 spiro atoms. The Bertz CT molecular complexity index is 389. The normalized spacial score (nSPS) is 11.2. The largest absolute Gasteiger partial charge is 0.481 e. The quantitative estimate of drug-likeness (QED) is 0.792. The number of nitrogens with one attached hydrogen (secondary N) is 1. The van der Waals surface area contributed by atoms with Crippen LogP contribution < -0.4 is 5.32 Å². The molecule has 1 heterocycles. The van der Waals surface area contributed by atoms with E-state index in [1.807, 2.05) is 20.8 Å². The van der Waals surface area contributed by atoms with Crippen molar-refractivity contribution in [3.63, 3.8) is 0 Å². The second-order valence-electron chi connectivity index (χ2n) is 4.14. The van der Waals surface area contributed by atoms with Crippen molar-refractivity contribution in [2.24, 2.45) is 5.41 Å². The van der Waals surface area contributed by atoms with Gasteiger partial charge in [0.2, 0.25) is 0 Å². The van der Waals surface area contributed by atoms with E-state index < -0.39 is 11.4 Å². The Hall–Kier alpha value is -1.65. The van der Waals surface area contributed by atoms with Gasteiger partial charge in [0.1, 0.15) is 5.82 Å². The molecule has 0 amide bonds. The summed E-state index contributed by atoms with van der Waals surface area (Å²) in [5, 5.41) is 12.4. The van der Waals surface area contributed by atoms with Crippen molar-refractivity contribution in [2.75, 3.05) is 11.9 Å². The molecule has 94 valence electrons. The summed E-state index contributed by atoms with van der Waals surface area (Å²) in [6.45, 7) is 6.00.